The van der Waals surface area contributed by atoms with E-state index in [0.29, 0.717) is 12.8 Å². The van der Waals surface area contributed by atoms with Crippen molar-refractivity contribution in [2.45, 2.75) is 353 Å². The normalized spacial score (nSPS) is 13.5. The van der Waals surface area contributed by atoms with E-state index in [1.54, 1.807) is 0 Å². The molecule has 0 bridgehead atoms. The van der Waals surface area contributed by atoms with Crippen LogP contribution in [0.1, 0.15) is 341 Å². The van der Waals surface area contributed by atoms with Crippen LogP contribution in [0.3, 0.4) is 0 Å². The van der Waals surface area contributed by atoms with Gasteiger partial charge in [-0.25, -0.2) is 4.57 Å². The molecule has 1 unspecified atom stereocenters. The van der Waals surface area contributed by atoms with Crippen molar-refractivity contribution in [2.24, 2.45) is 5.73 Å². The summed E-state index contributed by atoms with van der Waals surface area (Å²) in [6.07, 6.45) is 66.0. The van der Waals surface area contributed by atoms with Gasteiger partial charge in [0.15, 0.2) is 0 Å². The summed E-state index contributed by atoms with van der Waals surface area (Å²) in [6.45, 7) is 4.27. The van der Waals surface area contributed by atoms with Crippen molar-refractivity contribution in [3.8, 4) is 0 Å². The van der Waals surface area contributed by atoms with E-state index in [0.717, 1.165) is 38.5 Å². The van der Waals surface area contributed by atoms with Gasteiger partial charge in [0.25, 0.3) is 0 Å². The van der Waals surface area contributed by atoms with Crippen LogP contribution in [-0.4, -0.2) is 47.8 Å². The van der Waals surface area contributed by atoms with Gasteiger partial charge in [0.1, 0.15) is 0 Å². The topological polar surface area (TPSA) is 131 Å². The Morgan fingerprint density at radius 3 is 0.941 bits per heavy atom. The van der Waals surface area contributed by atoms with Crippen molar-refractivity contribution in [3.63, 3.8) is 0 Å². The molecule has 0 spiro atoms. The van der Waals surface area contributed by atoms with Crippen molar-refractivity contribution in [1.29, 1.82) is 0 Å². The minimum atomic E-state index is -4.32. The molecule has 0 aromatic carbocycles. The van der Waals surface area contributed by atoms with Gasteiger partial charge in [0.05, 0.1) is 25.4 Å². The van der Waals surface area contributed by atoms with Crippen LogP contribution in [0.5, 0.6) is 0 Å². The first-order valence-corrected chi connectivity index (χ1v) is 32.1. The summed E-state index contributed by atoms with van der Waals surface area (Å²) in [5.41, 5.74) is 5.41. The van der Waals surface area contributed by atoms with E-state index < -0.39 is 20.0 Å². The first-order chi connectivity index (χ1) is 33.4. The standard InChI is InChI=1S/C59H121N2O6P/c1-3-5-7-9-11-13-15-17-19-21-22-23-24-25-26-27-28-29-30-31-32-33-34-35-36-37-39-41-43-45-47-49-51-53-59(63)61-57(56-67-68(64,65)66-55-54-60)58(62)52-50-48-46-44-42-40-38-20-18-16-14-12-10-8-6-4-2/h57-58,62H,3-56,60H2,1-2H3,(H,61,63)(H,64,65)/t57-,58+/m0/s1. The van der Waals surface area contributed by atoms with Crippen LogP contribution in [-0.2, 0) is 18.4 Å². The molecule has 0 radical (unpaired) electrons. The zero-order valence-electron chi connectivity index (χ0n) is 45.9. The number of amides is 1. The summed E-state index contributed by atoms with van der Waals surface area (Å²) in [5, 5.41) is 13.9. The summed E-state index contributed by atoms with van der Waals surface area (Å²) in [6, 6.07) is -0.769. The molecule has 0 saturated heterocycles. The van der Waals surface area contributed by atoms with Gasteiger partial charge in [0.2, 0.25) is 5.91 Å². The predicted octanol–water partition coefficient (Wildman–Crippen LogP) is 18.9. The van der Waals surface area contributed by atoms with E-state index in [-0.39, 0.29) is 25.7 Å². The van der Waals surface area contributed by atoms with Gasteiger partial charge in [-0.15, -0.1) is 0 Å². The minimum Gasteiger partial charge on any atom is -0.391 e. The lowest BCUT2D eigenvalue weighted by Gasteiger charge is -2.25. The van der Waals surface area contributed by atoms with Gasteiger partial charge in [-0.3, -0.25) is 13.8 Å². The molecule has 8 nitrogen and oxygen atoms in total. The van der Waals surface area contributed by atoms with Crippen molar-refractivity contribution in [1.82, 2.24) is 5.32 Å². The predicted molar refractivity (Wildman–Crippen MR) is 296 cm³/mol. The molecule has 1 amide bonds. The molecule has 0 aliphatic carbocycles. The van der Waals surface area contributed by atoms with Gasteiger partial charge in [0, 0.05) is 13.0 Å². The fourth-order valence-electron chi connectivity index (χ4n) is 9.85. The number of unbranched alkanes of at least 4 members (excludes halogenated alkanes) is 47. The zero-order valence-corrected chi connectivity index (χ0v) is 46.8. The van der Waals surface area contributed by atoms with Crippen LogP contribution in [0.2, 0.25) is 0 Å². The number of aliphatic hydroxyl groups excluding tert-OH is 1. The molecule has 0 saturated carbocycles. The summed E-state index contributed by atoms with van der Waals surface area (Å²) in [5.74, 6) is -0.152. The smallest absolute Gasteiger partial charge is 0.391 e. The van der Waals surface area contributed by atoms with E-state index in [1.165, 1.54) is 276 Å². The molecule has 9 heteroatoms. The Bertz CT molecular complexity index is 1040. The fourth-order valence-corrected chi connectivity index (χ4v) is 10.6. The number of rotatable bonds is 59. The van der Waals surface area contributed by atoms with Crippen molar-refractivity contribution in [3.05, 3.63) is 0 Å². The highest BCUT2D eigenvalue weighted by molar-refractivity contribution is 7.47. The molecule has 0 aromatic heterocycles. The SMILES string of the molecule is CCCCCCCCCCCCCCCCCCCCCCCCCCCCCCCCCCCC(=O)N[C@@H](COP(=O)(O)OCCN)[C@H](O)CCCCCCCCCCCCCCCCCC. The summed E-state index contributed by atoms with van der Waals surface area (Å²) >= 11 is 0. The number of aliphatic hydroxyl groups is 1. The third-order valence-corrected chi connectivity index (χ3v) is 15.4. The molecule has 0 aliphatic heterocycles. The highest BCUT2D eigenvalue weighted by Crippen LogP contribution is 2.43. The Morgan fingerprint density at radius 1 is 0.426 bits per heavy atom. The lowest BCUT2D eigenvalue weighted by Crippen LogP contribution is -2.46. The number of hydrogen-bond donors (Lipinski definition) is 4. The number of nitrogens with one attached hydrogen (secondary N) is 1. The second kappa shape index (κ2) is 55.8. The molecule has 408 valence electrons. The molecule has 3 atom stereocenters. The molecule has 0 rings (SSSR count). The van der Waals surface area contributed by atoms with E-state index in [2.05, 4.69) is 19.2 Å². The quantitative estimate of drug-likeness (QED) is 0.0353. The Kier molecular flexibility index (Phi) is 55.4. The number of phosphoric ester groups is 1. The Morgan fingerprint density at radius 2 is 0.676 bits per heavy atom. The van der Waals surface area contributed by atoms with Gasteiger partial charge in [-0.2, -0.15) is 0 Å². The monoisotopic (exact) mass is 985 g/mol. The highest BCUT2D eigenvalue weighted by atomic mass is 31.2. The third-order valence-electron chi connectivity index (χ3n) is 14.5. The van der Waals surface area contributed by atoms with Gasteiger partial charge in [-0.1, -0.05) is 322 Å². The second-order valence-corrected chi connectivity index (χ2v) is 22.7. The van der Waals surface area contributed by atoms with Crippen LogP contribution in [0.25, 0.3) is 0 Å². The Hall–Kier alpha value is -0.500. The van der Waals surface area contributed by atoms with E-state index in [9.17, 15) is 19.4 Å². The third kappa shape index (κ3) is 53.3. The van der Waals surface area contributed by atoms with Gasteiger partial charge < -0.3 is 21.1 Å². The number of nitrogens with two attached hydrogens (primary N) is 1. The van der Waals surface area contributed by atoms with Crippen molar-refractivity contribution >= 4 is 13.7 Å². The highest BCUT2D eigenvalue weighted by Gasteiger charge is 2.27. The molecule has 0 fully saturated rings. The number of phosphoric acid groups is 1. The first kappa shape index (κ1) is 67.5. The molecule has 0 heterocycles. The number of carbonyl (C=O) groups is 1. The van der Waals surface area contributed by atoms with Crippen LogP contribution in [0, 0.1) is 0 Å². The first-order valence-electron chi connectivity index (χ1n) is 30.7. The lowest BCUT2D eigenvalue weighted by molar-refractivity contribution is -0.123. The average Bonchev–Trinajstić information content (AvgIpc) is 3.33. The molecular weight excluding hydrogens is 864 g/mol. The zero-order chi connectivity index (χ0) is 49.5. The molecular formula is C59H121N2O6P. The maximum atomic E-state index is 12.9. The van der Waals surface area contributed by atoms with Crippen LogP contribution >= 0.6 is 7.82 Å². The maximum Gasteiger partial charge on any atom is 0.472 e. The minimum absolute atomic E-state index is 0.0930. The van der Waals surface area contributed by atoms with E-state index >= 15 is 0 Å². The van der Waals surface area contributed by atoms with Gasteiger partial charge >= 0.3 is 7.82 Å². The summed E-state index contributed by atoms with van der Waals surface area (Å²) in [4.78, 5) is 22.9. The lowest BCUT2D eigenvalue weighted by atomic mass is 10.0. The largest absolute Gasteiger partial charge is 0.472 e. The van der Waals surface area contributed by atoms with Crippen molar-refractivity contribution in [2.75, 3.05) is 19.8 Å². The maximum absolute atomic E-state index is 12.9. The summed E-state index contributed by atoms with van der Waals surface area (Å²) < 4.78 is 22.3. The molecule has 0 aromatic rings. The van der Waals surface area contributed by atoms with Crippen molar-refractivity contribution < 1.29 is 28.4 Å². The van der Waals surface area contributed by atoms with E-state index in [1.807, 2.05) is 0 Å². The van der Waals surface area contributed by atoms with Crippen LogP contribution in [0.4, 0.5) is 0 Å². The molecule has 0 aliphatic rings. The van der Waals surface area contributed by atoms with Crippen LogP contribution in [0.15, 0.2) is 0 Å². The van der Waals surface area contributed by atoms with Gasteiger partial charge in [-0.05, 0) is 12.8 Å². The summed E-state index contributed by atoms with van der Waals surface area (Å²) in [7, 11) is -4.32. The molecule has 5 N–H and O–H groups in total. The number of hydrogen-bond acceptors (Lipinski definition) is 6. The molecule has 68 heavy (non-hydrogen) atoms. The van der Waals surface area contributed by atoms with Crippen LogP contribution < -0.4 is 11.1 Å². The fraction of sp³-hybridized carbons (Fsp3) is 0.983. The Labute approximate surface area is 424 Å². The van der Waals surface area contributed by atoms with E-state index in [4.69, 9.17) is 14.8 Å². The average molecular weight is 986 g/mol. The number of carbonyl (C=O) groups excluding carboxylic acids is 1. The Balaban J connectivity index is 3.78. The second-order valence-electron chi connectivity index (χ2n) is 21.3.